The standard InChI is InChI=1S/C12H10N2O5/c15-13(16)11-5-3-9(4-6-11)1-2-10-7-12(14(17)18)19-8-10/h3-8H,1-2H2. The number of furan rings is 1. The van der Waals surface area contributed by atoms with Gasteiger partial charge >= 0.3 is 5.88 Å². The van der Waals surface area contributed by atoms with Crippen LogP contribution in [-0.2, 0) is 12.8 Å². The third kappa shape index (κ3) is 3.15. The predicted octanol–water partition coefficient (Wildman–Crippen LogP) is 2.88. The predicted molar refractivity (Wildman–Crippen MR) is 65.9 cm³/mol. The van der Waals surface area contributed by atoms with Crippen molar-refractivity contribution in [2.75, 3.05) is 0 Å². The zero-order valence-electron chi connectivity index (χ0n) is 9.81. The lowest BCUT2D eigenvalue weighted by atomic mass is 10.1. The summed E-state index contributed by atoms with van der Waals surface area (Å²) in [6.45, 7) is 0. The van der Waals surface area contributed by atoms with Crippen LogP contribution in [0.2, 0.25) is 0 Å². The Morgan fingerprint density at radius 3 is 2.11 bits per heavy atom. The number of nitro groups is 2. The van der Waals surface area contributed by atoms with E-state index in [0.29, 0.717) is 12.8 Å². The molecule has 2 aromatic rings. The monoisotopic (exact) mass is 262 g/mol. The zero-order valence-corrected chi connectivity index (χ0v) is 9.81. The van der Waals surface area contributed by atoms with Crippen molar-refractivity contribution >= 4 is 11.6 Å². The highest BCUT2D eigenvalue weighted by Crippen LogP contribution is 2.18. The smallest absolute Gasteiger partial charge is 0.409 e. The van der Waals surface area contributed by atoms with E-state index in [-0.39, 0.29) is 11.6 Å². The van der Waals surface area contributed by atoms with Gasteiger partial charge in [-0.2, -0.15) is 0 Å². The molecular weight excluding hydrogens is 252 g/mol. The molecule has 0 radical (unpaired) electrons. The van der Waals surface area contributed by atoms with Crippen LogP contribution in [0.15, 0.2) is 41.0 Å². The lowest BCUT2D eigenvalue weighted by molar-refractivity contribution is -0.402. The summed E-state index contributed by atoms with van der Waals surface area (Å²) in [6, 6.07) is 7.60. The van der Waals surface area contributed by atoms with E-state index in [1.807, 2.05) is 0 Å². The van der Waals surface area contributed by atoms with E-state index in [1.165, 1.54) is 24.5 Å². The van der Waals surface area contributed by atoms with Crippen LogP contribution in [0.4, 0.5) is 11.6 Å². The van der Waals surface area contributed by atoms with Crippen LogP contribution >= 0.6 is 0 Å². The van der Waals surface area contributed by atoms with Crippen molar-refractivity contribution < 1.29 is 14.3 Å². The average Bonchev–Trinajstić information content (AvgIpc) is 2.86. The van der Waals surface area contributed by atoms with E-state index >= 15 is 0 Å². The summed E-state index contributed by atoms with van der Waals surface area (Å²) in [7, 11) is 0. The molecule has 0 aliphatic rings. The van der Waals surface area contributed by atoms with E-state index in [4.69, 9.17) is 4.42 Å². The fourth-order valence-corrected chi connectivity index (χ4v) is 1.66. The van der Waals surface area contributed by atoms with Crippen molar-refractivity contribution in [3.63, 3.8) is 0 Å². The molecule has 0 amide bonds. The molecule has 1 aromatic heterocycles. The first-order chi connectivity index (χ1) is 9.06. The molecule has 0 N–H and O–H groups in total. The summed E-state index contributed by atoms with van der Waals surface area (Å²) in [5, 5.41) is 20.9. The van der Waals surface area contributed by atoms with Gasteiger partial charge in [-0.3, -0.25) is 20.2 Å². The lowest BCUT2D eigenvalue weighted by Crippen LogP contribution is -1.92. The van der Waals surface area contributed by atoms with Gasteiger partial charge in [0.15, 0.2) is 0 Å². The maximum atomic E-state index is 10.5. The van der Waals surface area contributed by atoms with Crippen molar-refractivity contribution in [1.29, 1.82) is 0 Å². The topological polar surface area (TPSA) is 99.4 Å². The molecule has 0 spiro atoms. The Bertz CT molecular complexity index is 603. The summed E-state index contributed by atoms with van der Waals surface area (Å²) >= 11 is 0. The van der Waals surface area contributed by atoms with Crippen LogP contribution < -0.4 is 0 Å². The van der Waals surface area contributed by atoms with Crippen LogP contribution in [0.3, 0.4) is 0 Å². The van der Waals surface area contributed by atoms with E-state index in [0.717, 1.165) is 11.1 Å². The maximum absolute atomic E-state index is 10.5. The number of benzene rings is 1. The Hall–Kier alpha value is -2.70. The summed E-state index contributed by atoms with van der Waals surface area (Å²) in [4.78, 5) is 19.9. The molecule has 1 aromatic carbocycles. The number of hydrogen-bond acceptors (Lipinski definition) is 5. The summed E-state index contributed by atoms with van der Waals surface area (Å²) in [6.07, 6.45) is 2.56. The van der Waals surface area contributed by atoms with Crippen molar-refractivity contribution in [2.24, 2.45) is 0 Å². The molecule has 98 valence electrons. The maximum Gasteiger partial charge on any atom is 0.433 e. The van der Waals surface area contributed by atoms with Crippen molar-refractivity contribution in [3.8, 4) is 0 Å². The minimum atomic E-state index is -0.588. The second kappa shape index (κ2) is 5.30. The van der Waals surface area contributed by atoms with E-state index in [2.05, 4.69) is 0 Å². The molecule has 7 heteroatoms. The molecule has 19 heavy (non-hydrogen) atoms. The van der Waals surface area contributed by atoms with Crippen LogP contribution in [0.5, 0.6) is 0 Å². The average molecular weight is 262 g/mol. The van der Waals surface area contributed by atoms with Gasteiger partial charge in [-0.05, 0) is 24.0 Å². The Balaban J connectivity index is 1.97. The normalized spacial score (nSPS) is 10.3. The van der Waals surface area contributed by atoms with Gasteiger partial charge in [0.1, 0.15) is 11.2 Å². The SMILES string of the molecule is O=[N+]([O-])c1ccc(CCc2coc([N+](=O)[O-])c2)cc1. The number of aryl methyl sites for hydroxylation is 2. The Morgan fingerprint density at radius 2 is 1.58 bits per heavy atom. The second-order valence-corrected chi connectivity index (χ2v) is 3.97. The van der Waals surface area contributed by atoms with Crippen LogP contribution in [0.25, 0.3) is 0 Å². The molecule has 0 saturated heterocycles. The van der Waals surface area contributed by atoms with E-state index < -0.39 is 9.85 Å². The van der Waals surface area contributed by atoms with Crippen LogP contribution in [0, 0.1) is 20.2 Å². The van der Waals surface area contributed by atoms with Gasteiger partial charge in [0.05, 0.1) is 11.0 Å². The van der Waals surface area contributed by atoms with Gasteiger partial charge in [0.25, 0.3) is 5.69 Å². The van der Waals surface area contributed by atoms with Crippen molar-refractivity contribution in [3.05, 3.63) is 68.0 Å². The van der Waals surface area contributed by atoms with E-state index in [9.17, 15) is 20.2 Å². The number of rotatable bonds is 5. The second-order valence-electron chi connectivity index (χ2n) is 3.97. The fraction of sp³-hybridized carbons (Fsp3) is 0.167. The van der Waals surface area contributed by atoms with Crippen LogP contribution in [0.1, 0.15) is 11.1 Å². The third-order valence-corrected chi connectivity index (χ3v) is 2.67. The molecule has 0 saturated carbocycles. The molecule has 0 atom stereocenters. The fourth-order valence-electron chi connectivity index (χ4n) is 1.66. The Morgan fingerprint density at radius 1 is 0.947 bits per heavy atom. The first kappa shape index (κ1) is 12.7. The molecule has 2 rings (SSSR count). The molecule has 0 bridgehead atoms. The van der Waals surface area contributed by atoms with Crippen molar-refractivity contribution in [2.45, 2.75) is 12.8 Å². The quantitative estimate of drug-likeness (QED) is 0.609. The molecule has 7 nitrogen and oxygen atoms in total. The molecule has 0 aliphatic heterocycles. The summed E-state index contributed by atoms with van der Waals surface area (Å²) in [5.74, 6) is -0.279. The minimum Gasteiger partial charge on any atom is -0.409 e. The molecular formula is C12H10N2O5. The summed E-state index contributed by atoms with van der Waals surface area (Å²) < 4.78 is 4.78. The molecule has 0 fully saturated rings. The van der Waals surface area contributed by atoms with Gasteiger partial charge < -0.3 is 4.42 Å². The summed E-state index contributed by atoms with van der Waals surface area (Å²) in [5.41, 5.74) is 1.70. The van der Waals surface area contributed by atoms with Gasteiger partial charge in [-0.15, -0.1) is 0 Å². The van der Waals surface area contributed by atoms with E-state index in [1.54, 1.807) is 12.1 Å². The largest absolute Gasteiger partial charge is 0.433 e. The zero-order chi connectivity index (χ0) is 13.8. The first-order valence-corrected chi connectivity index (χ1v) is 5.51. The molecule has 0 aliphatic carbocycles. The lowest BCUT2D eigenvalue weighted by Gasteiger charge is -1.98. The Labute approximate surface area is 107 Å². The Kier molecular flexibility index (Phi) is 3.56. The number of nitrogens with zero attached hydrogens (tertiary/aromatic N) is 2. The van der Waals surface area contributed by atoms with Crippen molar-refractivity contribution in [1.82, 2.24) is 0 Å². The highest BCUT2D eigenvalue weighted by Gasteiger charge is 2.11. The van der Waals surface area contributed by atoms with Gasteiger partial charge in [0, 0.05) is 12.1 Å². The minimum absolute atomic E-state index is 0.0442. The first-order valence-electron chi connectivity index (χ1n) is 5.51. The molecule has 1 heterocycles. The van der Waals surface area contributed by atoms with Gasteiger partial charge in [-0.1, -0.05) is 12.1 Å². The number of non-ortho nitro benzene ring substituents is 1. The number of nitro benzene ring substituents is 1. The third-order valence-electron chi connectivity index (χ3n) is 2.67. The highest BCUT2D eigenvalue weighted by molar-refractivity contribution is 5.33. The number of hydrogen-bond donors (Lipinski definition) is 0. The van der Waals surface area contributed by atoms with Gasteiger partial charge in [0.2, 0.25) is 0 Å². The highest BCUT2D eigenvalue weighted by atomic mass is 16.6. The van der Waals surface area contributed by atoms with Crippen LogP contribution in [-0.4, -0.2) is 9.85 Å². The molecule has 0 unspecified atom stereocenters. The van der Waals surface area contributed by atoms with Gasteiger partial charge in [-0.25, -0.2) is 0 Å².